The minimum Gasteiger partial charge on any atom is -0.481 e. The summed E-state index contributed by atoms with van der Waals surface area (Å²) < 4.78 is 20.9. The Labute approximate surface area is 228 Å². The molecule has 2 heterocycles. The molecule has 0 spiro atoms. The van der Waals surface area contributed by atoms with Gasteiger partial charge in [0.25, 0.3) is 11.8 Å². The van der Waals surface area contributed by atoms with E-state index in [9.17, 15) is 28.8 Å². The molecule has 0 aromatic carbocycles. The second kappa shape index (κ2) is 25.1. The molecule has 0 radical (unpaired) electrons. The number of carbonyl (C=O) groups excluding carboxylic acids is 5. The number of carboxylic acids is 1. The van der Waals surface area contributed by atoms with Gasteiger partial charge in [-0.2, -0.15) is 0 Å². The van der Waals surface area contributed by atoms with Gasteiger partial charge >= 0.3 is 5.97 Å². The number of aliphatic carboxylic acids is 1. The van der Waals surface area contributed by atoms with E-state index in [4.69, 9.17) is 24.1 Å². The van der Waals surface area contributed by atoms with E-state index in [2.05, 4.69) is 10.6 Å². The molecule has 2 aliphatic rings. The number of hydrogen-bond acceptors (Lipinski definition) is 10. The molecule has 0 unspecified atom stereocenters. The average molecular weight is 566 g/mol. The van der Waals surface area contributed by atoms with Crippen LogP contribution in [0.4, 0.5) is 0 Å². The Morgan fingerprint density at radius 2 is 1.26 bits per heavy atom. The molecular formula is C24H43N3O12. The van der Waals surface area contributed by atoms with Crippen LogP contribution >= 0.6 is 0 Å². The highest BCUT2D eigenvalue weighted by atomic mass is 16.6. The molecule has 15 heteroatoms. The molecule has 226 valence electrons. The molecule has 2 aliphatic heterocycles. The molecule has 0 aliphatic carbocycles. The van der Waals surface area contributed by atoms with E-state index >= 15 is 0 Å². The fraction of sp³-hybridized carbons (Fsp3) is 0.667. The zero-order valence-corrected chi connectivity index (χ0v) is 22.5. The van der Waals surface area contributed by atoms with Crippen LogP contribution in [0.15, 0.2) is 12.2 Å². The van der Waals surface area contributed by atoms with Crippen LogP contribution in [0.5, 0.6) is 0 Å². The smallest absolute Gasteiger partial charge is 0.305 e. The molecule has 0 aromatic heterocycles. The van der Waals surface area contributed by atoms with Crippen molar-refractivity contribution in [2.75, 3.05) is 65.9 Å². The standard InChI is InChI=1S/C18H28N2O9.C4H5NO2.C2H6.H2O.H2/c21-15(3-6-20-16(22)1-2-17(20)23)19-5-8-27-10-12-29-14-13-28-11-9-26-7-4-18(24)25;6-3-1-2-4(7)5-3;1-2;;/h1-2H,3-14H2,(H,19,21)(H,24,25);1-2H2,(H,5,6,7);1-2H3;1H2;1H. The van der Waals surface area contributed by atoms with E-state index in [0.717, 1.165) is 4.90 Å². The van der Waals surface area contributed by atoms with E-state index in [1.807, 2.05) is 13.8 Å². The third-order valence-electron chi connectivity index (χ3n) is 4.47. The van der Waals surface area contributed by atoms with Crippen LogP contribution < -0.4 is 10.6 Å². The average Bonchev–Trinajstić information content (AvgIpc) is 3.43. The highest BCUT2D eigenvalue weighted by Crippen LogP contribution is 2.03. The number of carboxylic acid groups (broad SMARTS) is 1. The van der Waals surface area contributed by atoms with Crippen LogP contribution in [-0.2, 0) is 47.7 Å². The van der Waals surface area contributed by atoms with Crippen molar-refractivity contribution in [1.82, 2.24) is 15.5 Å². The van der Waals surface area contributed by atoms with Crippen molar-refractivity contribution < 1.29 is 59.7 Å². The predicted octanol–water partition coefficient (Wildman–Crippen LogP) is -1.17. The van der Waals surface area contributed by atoms with Crippen molar-refractivity contribution in [3.8, 4) is 0 Å². The first kappa shape index (κ1) is 37.9. The molecule has 0 aromatic rings. The van der Waals surface area contributed by atoms with Crippen molar-refractivity contribution in [2.24, 2.45) is 0 Å². The van der Waals surface area contributed by atoms with Gasteiger partial charge < -0.3 is 34.8 Å². The van der Waals surface area contributed by atoms with Crippen LogP contribution in [0.3, 0.4) is 0 Å². The lowest BCUT2D eigenvalue weighted by molar-refractivity contribution is -0.139. The van der Waals surface area contributed by atoms with Gasteiger partial charge in [0, 0.05) is 45.9 Å². The number of amides is 5. The fourth-order valence-electron chi connectivity index (χ4n) is 2.64. The third-order valence-corrected chi connectivity index (χ3v) is 4.47. The highest BCUT2D eigenvalue weighted by Gasteiger charge is 2.23. The topological polar surface area (TPSA) is 218 Å². The number of nitrogens with one attached hydrogen (secondary N) is 2. The van der Waals surface area contributed by atoms with E-state index in [-0.39, 0.29) is 50.6 Å². The summed E-state index contributed by atoms with van der Waals surface area (Å²) in [5.74, 6) is -2.26. The van der Waals surface area contributed by atoms with Gasteiger partial charge in [-0.3, -0.25) is 39.0 Å². The van der Waals surface area contributed by atoms with Crippen molar-refractivity contribution in [2.45, 2.75) is 39.5 Å². The maximum absolute atomic E-state index is 11.7. The van der Waals surface area contributed by atoms with E-state index in [1.54, 1.807) is 0 Å². The summed E-state index contributed by atoms with van der Waals surface area (Å²) in [6, 6.07) is 0. The zero-order valence-electron chi connectivity index (χ0n) is 22.5. The maximum Gasteiger partial charge on any atom is 0.305 e. The van der Waals surface area contributed by atoms with Gasteiger partial charge in [-0.25, -0.2) is 0 Å². The molecule has 5 N–H and O–H groups in total. The normalized spacial score (nSPS) is 13.6. The lowest BCUT2D eigenvalue weighted by Gasteiger charge is -2.13. The Morgan fingerprint density at radius 1 is 0.821 bits per heavy atom. The Kier molecular flexibility index (Phi) is 24.4. The highest BCUT2D eigenvalue weighted by molar-refractivity contribution is 6.13. The van der Waals surface area contributed by atoms with Crippen molar-refractivity contribution >= 4 is 35.5 Å². The Balaban J connectivity index is -0.00000106. The Bertz CT molecular complexity index is 763. The van der Waals surface area contributed by atoms with E-state index in [0.29, 0.717) is 65.6 Å². The summed E-state index contributed by atoms with van der Waals surface area (Å²) >= 11 is 0. The molecule has 2 rings (SSSR count). The van der Waals surface area contributed by atoms with Crippen molar-refractivity contribution in [3.63, 3.8) is 0 Å². The Hall–Kier alpha value is -3.24. The summed E-state index contributed by atoms with van der Waals surface area (Å²) in [6.45, 7) is 7.14. The van der Waals surface area contributed by atoms with Gasteiger partial charge in [-0.15, -0.1) is 0 Å². The molecule has 15 nitrogen and oxygen atoms in total. The van der Waals surface area contributed by atoms with Crippen LogP contribution in [0.1, 0.15) is 41.0 Å². The number of nitrogens with zero attached hydrogens (tertiary/aromatic N) is 1. The molecule has 0 atom stereocenters. The molecular weight excluding hydrogens is 522 g/mol. The van der Waals surface area contributed by atoms with Gasteiger partial charge in [0.05, 0.1) is 59.3 Å². The number of hydrogen-bond donors (Lipinski definition) is 3. The van der Waals surface area contributed by atoms with Crippen LogP contribution in [0.25, 0.3) is 0 Å². The van der Waals surface area contributed by atoms with Gasteiger partial charge in [-0.1, -0.05) is 13.8 Å². The lowest BCUT2D eigenvalue weighted by atomic mass is 10.3. The lowest BCUT2D eigenvalue weighted by Crippen LogP contribution is -2.35. The molecule has 0 bridgehead atoms. The molecule has 1 saturated heterocycles. The summed E-state index contributed by atoms with van der Waals surface area (Å²) in [5, 5.41) is 13.2. The van der Waals surface area contributed by atoms with Crippen LogP contribution in [0.2, 0.25) is 0 Å². The zero-order chi connectivity index (χ0) is 28.6. The van der Waals surface area contributed by atoms with Crippen molar-refractivity contribution in [3.05, 3.63) is 12.2 Å². The number of imide groups is 2. The first-order valence-electron chi connectivity index (χ1n) is 12.4. The second-order valence-corrected chi connectivity index (χ2v) is 7.33. The SMILES string of the molecule is CC.O.O=C(O)CCOCCOCCOCCOCCNC(=O)CCN1C(=O)C=CC1=O.O=C1CCC(=O)N1.[HH]. The fourth-order valence-corrected chi connectivity index (χ4v) is 2.64. The first-order valence-corrected chi connectivity index (χ1v) is 12.4. The van der Waals surface area contributed by atoms with Crippen LogP contribution in [-0.4, -0.2) is 117 Å². The summed E-state index contributed by atoms with van der Waals surface area (Å²) in [6.07, 6.45) is 3.14. The molecule has 39 heavy (non-hydrogen) atoms. The molecule has 0 saturated carbocycles. The minimum atomic E-state index is -0.894. The monoisotopic (exact) mass is 565 g/mol. The summed E-state index contributed by atoms with van der Waals surface area (Å²) in [4.78, 5) is 65.8. The van der Waals surface area contributed by atoms with Gasteiger partial charge in [0.2, 0.25) is 17.7 Å². The number of rotatable bonds is 18. The summed E-state index contributed by atoms with van der Waals surface area (Å²) in [5.41, 5.74) is 0. The van der Waals surface area contributed by atoms with Gasteiger partial charge in [0.15, 0.2) is 0 Å². The van der Waals surface area contributed by atoms with Gasteiger partial charge in [0.1, 0.15) is 0 Å². The minimum absolute atomic E-state index is 0. The van der Waals surface area contributed by atoms with E-state index in [1.165, 1.54) is 12.2 Å². The third kappa shape index (κ3) is 21.4. The first-order chi connectivity index (χ1) is 18.3. The molecule has 5 amide bonds. The van der Waals surface area contributed by atoms with E-state index < -0.39 is 17.8 Å². The Morgan fingerprint density at radius 3 is 1.67 bits per heavy atom. The molecule has 1 fully saturated rings. The number of ether oxygens (including phenoxy) is 4. The van der Waals surface area contributed by atoms with Gasteiger partial charge in [-0.05, 0) is 0 Å². The number of carbonyl (C=O) groups is 6. The second-order valence-electron chi connectivity index (χ2n) is 7.33. The largest absolute Gasteiger partial charge is 0.481 e. The van der Waals surface area contributed by atoms with Crippen molar-refractivity contribution in [1.29, 1.82) is 0 Å². The predicted molar refractivity (Wildman–Crippen MR) is 138 cm³/mol. The quantitative estimate of drug-likeness (QED) is 0.133. The summed E-state index contributed by atoms with van der Waals surface area (Å²) in [7, 11) is 0. The maximum atomic E-state index is 11.7. The van der Waals surface area contributed by atoms with Crippen LogP contribution in [0, 0.1) is 0 Å².